The highest BCUT2D eigenvalue weighted by Crippen LogP contribution is 2.33. The molecule has 1 aromatic rings. The molecule has 0 aromatic heterocycles. The summed E-state index contributed by atoms with van der Waals surface area (Å²) in [5.41, 5.74) is 10.0. The molecule has 2 aliphatic rings. The number of rotatable bonds is 3. The predicted octanol–water partition coefficient (Wildman–Crippen LogP) is 2.02. The van der Waals surface area contributed by atoms with Crippen molar-refractivity contribution in [2.75, 3.05) is 42.8 Å². The van der Waals surface area contributed by atoms with Crippen molar-refractivity contribution in [1.82, 2.24) is 0 Å². The van der Waals surface area contributed by atoms with Gasteiger partial charge in [-0.3, -0.25) is 4.79 Å². The van der Waals surface area contributed by atoms with Crippen LogP contribution in [0.2, 0.25) is 0 Å². The number of fused-ring (bicyclic) bond motifs is 1. The first-order valence-electron chi connectivity index (χ1n) is 7.64. The van der Waals surface area contributed by atoms with Crippen molar-refractivity contribution in [3.05, 3.63) is 17.7 Å². The zero-order valence-electron chi connectivity index (χ0n) is 12.5. The van der Waals surface area contributed by atoms with Gasteiger partial charge in [0.2, 0.25) is 5.91 Å². The number of anilines is 3. The Balaban J connectivity index is 1.77. The lowest BCUT2D eigenvalue weighted by molar-refractivity contribution is -0.116. The summed E-state index contributed by atoms with van der Waals surface area (Å²) < 4.78 is 5.54. The first-order valence-corrected chi connectivity index (χ1v) is 7.64. The van der Waals surface area contributed by atoms with Crippen LogP contribution in [-0.2, 0) is 16.0 Å². The second-order valence-electron chi connectivity index (χ2n) is 6.08. The normalized spacial score (nSPS) is 21.6. The number of aryl methyl sites for hydroxylation is 1. The first kappa shape index (κ1) is 14.2. The standard InChI is InChI=1S/C16H23N3O2/c1-19(9-11-3-2-6-21-10-11)15-8-14-12(7-13(15)17)4-5-16(20)18-14/h7-8,11H,2-6,9-10,17H2,1H3,(H,18,20). The Labute approximate surface area is 125 Å². The number of nitrogens with zero attached hydrogens (tertiary/aromatic N) is 1. The van der Waals surface area contributed by atoms with Gasteiger partial charge in [-0.2, -0.15) is 0 Å². The number of hydrogen-bond acceptors (Lipinski definition) is 4. The molecule has 0 radical (unpaired) electrons. The van der Waals surface area contributed by atoms with Crippen LogP contribution in [0.1, 0.15) is 24.8 Å². The molecule has 1 aromatic carbocycles. The number of amides is 1. The molecule has 21 heavy (non-hydrogen) atoms. The smallest absolute Gasteiger partial charge is 0.224 e. The molecule has 0 spiro atoms. The van der Waals surface area contributed by atoms with E-state index in [4.69, 9.17) is 10.5 Å². The number of hydrogen-bond donors (Lipinski definition) is 2. The molecule has 1 amide bonds. The third kappa shape index (κ3) is 3.13. The largest absolute Gasteiger partial charge is 0.397 e. The van der Waals surface area contributed by atoms with Crippen molar-refractivity contribution in [2.24, 2.45) is 5.92 Å². The summed E-state index contributed by atoms with van der Waals surface area (Å²) >= 11 is 0. The summed E-state index contributed by atoms with van der Waals surface area (Å²) in [4.78, 5) is 13.7. The Morgan fingerprint density at radius 2 is 2.29 bits per heavy atom. The van der Waals surface area contributed by atoms with Gasteiger partial charge in [0.15, 0.2) is 0 Å². The maximum atomic E-state index is 11.5. The number of ether oxygens (including phenoxy) is 1. The van der Waals surface area contributed by atoms with Crippen molar-refractivity contribution in [3.63, 3.8) is 0 Å². The second-order valence-corrected chi connectivity index (χ2v) is 6.08. The topological polar surface area (TPSA) is 67.6 Å². The number of nitrogens with one attached hydrogen (secondary N) is 1. The lowest BCUT2D eigenvalue weighted by Gasteiger charge is -2.30. The minimum atomic E-state index is 0.0848. The van der Waals surface area contributed by atoms with Crippen LogP contribution in [0.4, 0.5) is 17.1 Å². The van der Waals surface area contributed by atoms with E-state index in [-0.39, 0.29) is 5.91 Å². The van der Waals surface area contributed by atoms with Gasteiger partial charge in [0.05, 0.1) is 18.0 Å². The quantitative estimate of drug-likeness (QED) is 0.835. The van der Waals surface area contributed by atoms with Crippen LogP contribution in [-0.4, -0.2) is 32.7 Å². The van der Waals surface area contributed by atoms with Crippen molar-refractivity contribution < 1.29 is 9.53 Å². The summed E-state index contributed by atoms with van der Waals surface area (Å²) in [6, 6.07) is 4.00. The van der Waals surface area contributed by atoms with E-state index >= 15 is 0 Å². The lowest BCUT2D eigenvalue weighted by atomic mass is 9.99. The number of carbonyl (C=O) groups excluding carboxylic acids is 1. The molecule has 1 unspecified atom stereocenters. The Kier molecular flexibility index (Phi) is 4.01. The van der Waals surface area contributed by atoms with Crippen molar-refractivity contribution >= 4 is 23.0 Å². The predicted molar refractivity (Wildman–Crippen MR) is 84.6 cm³/mol. The van der Waals surface area contributed by atoms with Crippen molar-refractivity contribution in [3.8, 4) is 0 Å². The molecule has 5 nitrogen and oxygen atoms in total. The third-order valence-corrected chi connectivity index (χ3v) is 4.35. The van der Waals surface area contributed by atoms with Crippen LogP contribution in [0.5, 0.6) is 0 Å². The molecule has 0 bridgehead atoms. The molecule has 2 aliphatic heterocycles. The SMILES string of the molecule is CN(CC1CCCOC1)c1cc2c(cc1N)CCC(=O)N2. The lowest BCUT2D eigenvalue weighted by Crippen LogP contribution is -2.31. The molecule has 3 rings (SSSR count). The van der Waals surface area contributed by atoms with E-state index in [1.807, 2.05) is 12.1 Å². The van der Waals surface area contributed by atoms with E-state index in [1.165, 1.54) is 6.42 Å². The van der Waals surface area contributed by atoms with Gasteiger partial charge in [-0.1, -0.05) is 0 Å². The molecule has 1 saturated heterocycles. The summed E-state index contributed by atoms with van der Waals surface area (Å²) in [7, 11) is 2.05. The minimum Gasteiger partial charge on any atom is -0.397 e. The van der Waals surface area contributed by atoms with Crippen LogP contribution in [0, 0.1) is 5.92 Å². The summed E-state index contributed by atoms with van der Waals surface area (Å²) in [5.74, 6) is 0.635. The Morgan fingerprint density at radius 3 is 3.05 bits per heavy atom. The van der Waals surface area contributed by atoms with Gasteiger partial charge in [-0.05, 0) is 42.9 Å². The van der Waals surface area contributed by atoms with E-state index < -0.39 is 0 Å². The summed E-state index contributed by atoms with van der Waals surface area (Å²) in [6.45, 7) is 2.64. The number of nitrogen functional groups attached to an aromatic ring is 1. The highest BCUT2D eigenvalue weighted by molar-refractivity contribution is 5.95. The highest BCUT2D eigenvalue weighted by Gasteiger charge is 2.20. The fourth-order valence-corrected chi connectivity index (χ4v) is 3.20. The molecule has 114 valence electrons. The van der Waals surface area contributed by atoms with Gasteiger partial charge in [0, 0.05) is 32.3 Å². The Bertz CT molecular complexity index is 539. The number of benzene rings is 1. The number of carbonyl (C=O) groups is 1. The van der Waals surface area contributed by atoms with Gasteiger partial charge in [-0.25, -0.2) is 0 Å². The van der Waals surface area contributed by atoms with Gasteiger partial charge >= 0.3 is 0 Å². The average Bonchev–Trinajstić information content (AvgIpc) is 2.48. The number of nitrogens with two attached hydrogens (primary N) is 1. The summed E-state index contributed by atoms with van der Waals surface area (Å²) in [5, 5.41) is 2.94. The Hall–Kier alpha value is -1.75. The van der Waals surface area contributed by atoms with E-state index in [0.29, 0.717) is 12.3 Å². The molecule has 0 saturated carbocycles. The van der Waals surface area contributed by atoms with Crippen LogP contribution in [0.25, 0.3) is 0 Å². The summed E-state index contributed by atoms with van der Waals surface area (Å²) in [6.07, 6.45) is 3.65. The Morgan fingerprint density at radius 1 is 1.43 bits per heavy atom. The van der Waals surface area contributed by atoms with Crippen LogP contribution in [0.15, 0.2) is 12.1 Å². The van der Waals surface area contributed by atoms with Crippen LogP contribution >= 0.6 is 0 Å². The highest BCUT2D eigenvalue weighted by atomic mass is 16.5. The molecular formula is C16H23N3O2. The molecular weight excluding hydrogens is 266 g/mol. The molecule has 1 atom stereocenters. The van der Waals surface area contributed by atoms with Crippen molar-refractivity contribution in [1.29, 1.82) is 0 Å². The molecule has 0 aliphatic carbocycles. The fourth-order valence-electron chi connectivity index (χ4n) is 3.20. The molecule has 1 fully saturated rings. The zero-order valence-corrected chi connectivity index (χ0v) is 12.5. The van der Waals surface area contributed by atoms with Gasteiger partial charge in [0.25, 0.3) is 0 Å². The maximum absolute atomic E-state index is 11.5. The molecule has 5 heteroatoms. The minimum absolute atomic E-state index is 0.0848. The third-order valence-electron chi connectivity index (χ3n) is 4.35. The zero-order chi connectivity index (χ0) is 14.8. The molecule has 2 heterocycles. The fraction of sp³-hybridized carbons (Fsp3) is 0.562. The van der Waals surface area contributed by atoms with Crippen LogP contribution in [0.3, 0.4) is 0 Å². The van der Waals surface area contributed by atoms with E-state index in [0.717, 1.165) is 55.2 Å². The van der Waals surface area contributed by atoms with E-state index in [2.05, 4.69) is 17.3 Å². The monoisotopic (exact) mass is 289 g/mol. The van der Waals surface area contributed by atoms with Crippen LogP contribution < -0.4 is 16.0 Å². The molecule has 3 N–H and O–H groups in total. The van der Waals surface area contributed by atoms with Gasteiger partial charge in [-0.15, -0.1) is 0 Å². The van der Waals surface area contributed by atoms with Gasteiger partial charge < -0.3 is 20.7 Å². The van der Waals surface area contributed by atoms with Crippen molar-refractivity contribution in [2.45, 2.75) is 25.7 Å². The maximum Gasteiger partial charge on any atom is 0.224 e. The van der Waals surface area contributed by atoms with Gasteiger partial charge in [0.1, 0.15) is 0 Å². The first-order chi connectivity index (χ1) is 10.1. The van der Waals surface area contributed by atoms with E-state index in [9.17, 15) is 4.79 Å². The van der Waals surface area contributed by atoms with E-state index in [1.54, 1.807) is 0 Å². The average molecular weight is 289 g/mol. The second kappa shape index (κ2) is 5.93.